The Bertz CT molecular complexity index is 1050. The van der Waals surface area contributed by atoms with Gasteiger partial charge in [-0.05, 0) is 12.1 Å². The number of carbonyl (C=O) groups excluding carboxylic acids is 2. The molecule has 10 nitrogen and oxygen atoms in total. The SMILES string of the molecule is Cn1cc(-c2nnc3n2CCN(C(=O)C2CC(=O)N(Cc4ccco4)C2)C3)cn1. The number of fused-ring (bicyclic) bond motifs is 1. The number of aromatic nitrogens is 5. The molecule has 0 aromatic carbocycles. The van der Waals surface area contributed by atoms with Gasteiger partial charge in [-0.15, -0.1) is 10.2 Å². The molecule has 0 aliphatic carbocycles. The first-order chi connectivity index (χ1) is 14.1. The summed E-state index contributed by atoms with van der Waals surface area (Å²) in [6.45, 7) is 2.41. The molecule has 1 unspecified atom stereocenters. The molecule has 0 N–H and O–H groups in total. The third kappa shape index (κ3) is 3.20. The summed E-state index contributed by atoms with van der Waals surface area (Å²) in [5.41, 5.74) is 0.904. The van der Waals surface area contributed by atoms with Gasteiger partial charge >= 0.3 is 0 Å². The summed E-state index contributed by atoms with van der Waals surface area (Å²) in [5, 5.41) is 12.7. The lowest BCUT2D eigenvalue weighted by Crippen LogP contribution is -2.42. The largest absolute Gasteiger partial charge is 0.467 e. The fraction of sp³-hybridized carbons (Fsp3) is 0.421. The highest BCUT2D eigenvalue weighted by Crippen LogP contribution is 2.26. The monoisotopic (exact) mass is 395 g/mol. The Balaban J connectivity index is 1.27. The van der Waals surface area contributed by atoms with Gasteiger partial charge in [0.05, 0.1) is 37.0 Å². The molecule has 0 saturated carbocycles. The summed E-state index contributed by atoms with van der Waals surface area (Å²) in [4.78, 5) is 28.8. The van der Waals surface area contributed by atoms with Crippen LogP contribution in [0.3, 0.4) is 0 Å². The minimum Gasteiger partial charge on any atom is -0.467 e. The van der Waals surface area contributed by atoms with Gasteiger partial charge in [0.2, 0.25) is 11.8 Å². The van der Waals surface area contributed by atoms with Crippen molar-refractivity contribution in [2.24, 2.45) is 13.0 Å². The number of hydrogen-bond acceptors (Lipinski definition) is 6. The number of carbonyl (C=O) groups is 2. The molecule has 3 aromatic heterocycles. The van der Waals surface area contributed by atoms with E-state index in [1.54, 1.807) is 33.0 Å². The van der Waals surface area contributed by atoms with Crippen LogP contribution in [-0.4, -0.2) is 59.2 Å². The fourth-order valence-corrected chi connectivity index (χ4v) is 4.04. The molecule has 0 radical (unpaired) electrons. The number of rotatable bonds is 4. The Hall–Kier alpha value is -3.43. The van der Waals surface area contributed by atoms with Crippen molar-refractivity contribution < 1.29 is 14.0 Å². The Morgan fingerprint density at radius 1 is 1.31 bits per heavy atom. The second kappa shape index (κ2) is 6.87. The number of hydrogen-bond donors (Lipinski definition) is 0. The smallest absolute Gasteiger partial charge is 0.228 e. The molecule has 3 aromatic rings. The van der Waals surface area contributed by atoms with Gasteiger partial charge in [0, 0.05) is 39.3 Å². The summed E-state index contributed by atoms with van der Waals surface area (Å²) < 4.78 is 9.08. The van der Waals surface area contributed by atoms with E-state index in [1.165, 1.54) is 0 Å². The number of likely N-dealkylation sites (tertiary alicyclic amines) is 1. The summed E-state index contributed by atoms with van der Waals surface area (Å²) in [6, 6.07) is 3.63. The van der Waals surface area contributed by atoms with Crippen LogP contribution in [0.5, 0.6) is 0 Å². The van der Waals surface area contributed by atoms with Crippen LogP contribution in [0.1, 0.15) is 18.0 Å². The second-order valence-corrected chi connectivity index (χ2v) is 7.51. The molecule has 5 rings (SSSR count). The van der Waals surface area contributed by atoms with E-state index in [4.69, 9.17) is 4.42 Å². The normalized spacial score (nSPS) is 19.1. The van der Waals surface area contributed by atoms with Gasteiger partial charge in [-0.25, -0.2) is 0 Å². The standard InChI is InChI=1S/C19H21N7O3/c1-23-9-14(8-20-23)18-22-21-16-12-24(4-5-26(16)18)19(28)13-7-17(27)25(10-13)11-15-3-2-6-29-15/h2-3,6,8-9,13H,4-5,7,10-12H2,1H3. The molecule has 2 aliphatic heterocycles. The Labute approximate surface area is 166 Å². The van der Waals surface area contributed by atoms with E-state index in [-0.39, 0.29) is 24.2 Å². The van der Waals surface area contributed by atoms with Crippen LogP contribution >= 0.6 is 0 Å². The summed E-state index contributed by atoms with van der Waals surface area (Å²) in [6.07, 6.45) is 5.48. The number of aryl methyl sites for hydroxylation is 1. The molecule has 10 heteroatoms. The lowest BCUT2D eigenvalue weighted by Gasteiger charge is -2.29. The van der Waals surface area contributed by atoms with Crippen molar-refractivity contribution in [1.29, 1.82) is 0 Å². The first kappa shape index (κ1) is 17.7. The summed E-state index contributed by atoms with van der Waals surface area (Å²) in [5.74, 6) is 1.89. The van der Waals surface area contributed by atoms with Gasteiger partial charge in [0.1, 0.15) is 5.76 Å². The molecule has 0 spiro atoms. The molecule has 29 heavy (non-hydrogen) atoms. The van der Waals surface area contributed by atoms with Crippen LogP contribution in [0.2, 0.25) is 0 Å². The average Bonchev–Trinajstić information content (AvgIpc) is 3.49. The van der Waals surface area contributed by atoms with Crippen LogP contribution in [-0.2, 0) is 36.3 Å². The van der Waals surface area contributed by atoms with Crippen molar-refractivity contribution in [3.8, 4) is 11.4 Å². The third-order valence-electron chi connectivity index (χ3n) is 5.52. The molecular weight excluding hydrogens is 374 g/mol. The van der Waals surface area contributed by atoms with Crippen molar-refractivity contribution >= 4 is 11.8 Å². The zero-order chi connectivity index (χ0) is 20.0. The van der Waals surface area contributed by atoms with E-state index in [2.05, 4.69) is 15.3 Å². The van der Waals surface area contributed by atoms with Crippen molar-refractivity contribution in [2.45, 2.75) is 26.1 Å². The first-order valence-electron chi connectivity index (χ1n) is 9.58. The molecule has 5 heterocycles. The predicted molar refractivity (Wildman–Crippen MR) is 99.9 cm³/mol. The highest BCUT2D eigenvalue weighted by atomic mass is 16.3. The molecule has 1 atom stereocenters. The quantitative estimate of drug-likeness (QED) is 0.643. The molecule has 2 amide bonds. The number of amides is 2. The van der Waals surface area contributed by atoms with Crippen LogP contribution in [0.25, 0.3) is 11.4 Å². The maximum Gasteiger partial charge on any atom is 0.228 e. The summed E-state index contributed by atoms with van der Waals surface area (Å²) >= 11 is 0. The highest BCUT2D eigenvalue weighted by Gasteiger charge is 2.38. The fourth-order valence-electron chi connectivity index (χ4n) is 4.04. The topological polar surface area (TPSA) is 102 Å². The van der Waals surface area contributed by atoms with Gasteiger partial charge in [-0.1, -0.05) is 0 Å². The van der Waals surface area contributed by atoms with Gasteiger partial charge < -0.3 is 18.8 Å². The molecule has 150 valence electrons. The van der Waals surface area contributed by atoms with Crippen molar-refractivity contribution in [2.75, 3.05) is 13.1 Å². The van der Waals surface area contributed by atoms with Gasteiger partial charge in [0.15, 0.2) is 11.6 Å². The van der Waals surface area contributed by atoms with E-state index in [9.17, 15) is 9.59 Å². The Kier molecular flexibility index (Phi) is 4.18. The number of nitrogens with zero attached hydrogens (tertiary/aromatic N) is 7. The minimum absolute atomic E-state index is 0.00234. The van der Waals surface area contributed by atoms with Gasteiger partial charge in [0.25, 0.3) is 0 Å². The zero-order valence-electron chi connectivity index (χ0n) is 16.1. The predicted octanol–water partition coefficient (Wildman–Crippen LogP) is 0.662. The van der Waals surface area contributed by atoms with Crippen molar-refractivity contribution in [3.05, 3.63) is 42.4 Å². The van der Waals surface area contributed by atoms with E-state index in [0.717, 1.165) is 23.0 Å². The lowest BCUT2D eigenvalue weighted by molar-refractivity contribution is -0.137. The van der Waals surface area contributed by atoms with E-state index in [1.807, 2.05) is 23.9 Å². The van der Waals surface area contributed by atoms with Gasteiger partial charge in [-0.2, -0.15) is 5.10 Å². The number of furan rings is 1. The molecular formula is C19H21N7O3. The molecule has 1 saturated heterocycles. The van der Waals surface area contributed by atoms with Crippen LogP contribution in [0.4, 0.5) is 0 Å². The zero-order valence-corrected chi connectivity index (χ0v) is 16.1. The molecule has 1 fully saturated rings. The third-order valence-corrected chi connectivity index (χ3v) is 5.52. The highest BCUT2D eigenvalue weighted by molar-refractivity contribution is 5.89. The first-order valence-corrected chi connectivity index (χ1v) is 9.58. The maximum absolute atomic E-state index is 13.0. The van der Waals surface area contributed by atoms with E-state index < -0.39 is 0 Å². The average molecular weight is 395 g/mol. The maximum atomic E-state index is 13.0. The van der Waals surface area contributed by atoms with Gasteiger partial charge in [-0.3, -0.25) is 14.3 Å². The van der Waals surface area contributed by atoms with Crippen LogP contribution in [0.15, 0.2) is 35.2 Å². The second-order valence-electron chi connectivity index (χ2n) is 7.51. The molecule has 0 bridgehead atoms. The van der Waals surface area contributed by atoms with Crippen molar-refractivity contribution in [3.63, 3.8) is 0 Å². The van der Waals surface area contributed by atoms with Crippen LogP contribution < -0.4 is 0 Å². The van der Waals surface area contributed by atoms with Crippen molar-refractivity contribution in [1.82, 2.24) is 34.3 Å². The Morgan fingerprint density at radius 2 is 2.21 bits per heavy atom. The minimum atomic E-state index is -0.329. The summed E-state index contributed by atoms with van der Waals surface area (Å²) in [7, 11) is 1.86. The van der Waals surface area contributed by atoms with E-state index in [0.29, 0.717) is 32.7 Å². The lowest BCUT2D eigenvalue weighted by atomic mass is 10.1. The Morgan fingerprint density at radius 3 is 2.97 bits per heavy atom. The van der Waals surface area contributed by atoms with E-state index >= 15 is 0 Å². The van der Waals surface area contributed by atoms with Crippen LogP contribution in [0, 0.1) is 5.92 Å². The molecule has 2 aliphatic rings.